The van der Waals surface area contributed by atoms with Crippen molar-refractivity contribution in [1.29, 1.82) is 0 Å². The van der Waals surface area contributed by atoms with E-state index < -0.39 is 0 Å². The van der Waals surface area contributed by atoms with E-state index in [4.69, 9.17) is 0 Å². The Bertz CT molecular complexity index is 415. The third kappa shape index (κ3) is 3.48. The van der Waals surface area contributed by atoms with Crippen molar-refractivity contribution in [2.75, 3.05) is 13.1 Å². The van der Waals surface area contributed by atoms with Gasteiger partial charge in [-0.2, -0.15) is 0 Å². The average Bonchev–Trinajstić information content (AvgIpc) is 2.40. The fourth-order valence-electron chi connectivity index (χ4n) is 3.56. The van der Waals surface area contributed by atoms with E-state index in [0.717, 1.165) is 6.42 Å². The van der Waals surface area contributed by atoms with Gasteiger partial charge in [0.15, 0.2) is 0 Å². The molecule has 3 heteroatoms. The molecule has 0 aliphatic heterocycles. The van der Waals surface area contributed by atoms with Crippen LogP contribution in [0.3, 0.4) is 0 Å². The highest BCUT2D eigenvalue weighted by Crippen LogP contribution is 2.38. The van der Waals surface area contributed by atoms with Gasteiger partial charge in [-0.1, -0.05) is 32.9 Å². The summed E-state index contributed by atoms with van der Waals surface area (Å²) in [6.45, 7) is 9.22. The second kappa shape index (κ2) is 7.90. The van der Waals surface area contributed by atoms with Crippen molar-refractivity contribution < 1.29 is 5.11 Å². The minimum atomic E-state index is 0. The van der Waals surface area contributed by atoms with Gasteiger partial charge < -0.3 is 5.11 Å². The standard InChI is InChI=1S/C17H27NO.ClH/c1-4-11-18(12-5-2)16-10-9-15-14(13(16)3)7-6-8-17(15)19;/h6-8,13,16,19H,4-5,9-12H2,1-3H3;1H/t13-,16+;/m0./s1. The van der Waals surface area contributed by atoms with Crippen molar-refractivity contribution in [3.05, 3.63) is 29.3 Å². The molecule has 0 amide bonds. The Morgan fingerprint density at radius 3 is 2.45 bits per heavy atom. The molecule has 0 aromatic heterocycles. The van der Waals surface area contributed by atoms with Gasteiger partial charge in [-0.15, -0.1) is 12.4 Å². The van der Waals surface area contributed by atoms with E-state index in [2.05, 4.69) is 31.7 Å². The molecule has 2 rings (SSSR count). The third-order valence-electron chi connectivity index (χ3n) is 4.44. The molecule has 0 saturated heterocycles. The van der Waals surface area contributed by atoms with Gasteiger partial charge in [0, 0.05) is 6.04 Å². The number of benzene rings is 1. The number of hydrogen-bond acceptors (Lipinski definition) is 2. The lowest BCUT2D eigenvalue weighted by molar-refractivity contribution is 0.158. The molecule has 20 heavy (non-hydrogen) atoms. The Labute approximate surface area is 129 Å². The maximum atomic E-state index is 9.99. The number of phenolic OH excluding ortho intramolecular Hbond substituents is 1. The lowest BCUT2D eigenvalue weighted by Gasteiger charge is -2.39. The van der Waals surface area contributed by atoms with Crippen molar-refractivity contribution in [2.24, 2.45) is 0 Å². The fourth-order valence-corrected chi connectivity index (χ4v) is 3.56. The van der Waals surface area contributed by atoms with Gasteiger partial charge >= 0.3 is 0 Å². The monoisotopic (exact) mass is 297 g/mol. The van der Waals surface area contributed by atoms with Crippen LogP contribution in [0, 0.1) is 0 Å². The molecule has 0 spiro atoms. The van der Waals surface area contributed by atoms with Gasteiger partial charge in [-0.25, -0.2) is 0 Å². The number of nitrogens with zero attached hydrogens (tertiary/aromatic N) is 1. The van der Waals surface area contributed by atoms with E-state index in [0.29, 0.717) is 17.7 Å². The number of fused-ring (bicyclic) bond motifs is 1. The van der Waals surface area contributed by atoms with Crippen molar-refractivity contribution in [3.63, 3.8) is 0 Å². The summed E-state index contributed by atoms with van der Waals surface area (Å²) in [7, 11) is 0. The molecule has 0 radical (unpaired) electrons. The summed E-state index contributed by atoms with van der Waals surface area (Å²) >= 11 is 0. The lowest BCUT2D eigenvalue weighted by Crippen LogP contribution is -2.42. The maximum absolute atomic E-state index is 9.99. The highest BCUT2D eigenvalue weighted by Gasteiger charge is 2.30. The normalized spacial score (nSPS) is 21.4. The first-order valence-electron chi connectivity index (χ1n) is 7.73. The molecule has 1 aromatic rings. The zero-order valence-corrected chi connectivity index (χ0v) is 13.7. The summed E-state index contributed by atoms with van der Waals surface area (Å²) in [6.07, 6.45) is 4.62. The number of aromatic hydroxyl groups is 1. The highest BCUT2D eigenvalue weighted by molar-refractivity contribution is 5.85. The zero-order chi connectivity index (χ0) is 13.8. The van der Waals surface area contributed by atoms with Crippen LogP contribution in [0.25, 0.3) is 0 Å². The Kier molecular flexibility index (Phi) is 6.84. The molecular formula is C17H28ClNO. The SMILES string of the molecule is CCCN(CCC)[C@@H]1CCc2c(O)cccc2[C@@H]1C.Cl. The predicted octanol–water partition coefficient (Wildman–Crippen LogP) is 4.35. The third-order valence-corrected chi connectivity index (χ3v) is 4.44. The number of phenols is 1. The van der Waals surface area contributed by atoms with Crippen LogP contribution in [-0.4, -0.2) is 29.1 Å². The second-order valence-electron chi connectivity index (χ2n) is 5.78. The van der Waals surface area contributed by atoms with Gasteiger partial charge in [0.1, 0.15) is 5.75 Å². The van der Waals surface area contributed by atoms with E-state index in [1.165, 1.54) is 43.5 Å². The molecule has 2 nitrogen and oxygen atoms in total. The molecule has 1 aliphatic rings. The van der Waals surface area contributed by atoms with Gasteiger partial charge in [0.2, 0.25) is 0 Å². The van der Waals surface area contributed by atoms with E-state index in [1.807, 2.05) is 12.1 Å². The van der Waals surface area contributed by atoms with Gasteiger partial charge in [0.05, 0.1) is 0 Å². The van der Waals surface area contributed by atoms with Gasteiger partial charge in [-0.3, -0.25) is 4.90 Å². The smallest absolute Gasteiger partial charge is 0.119 e. The first-order chi connectivity index (χ1) is 9.19. The Balaban J connectivity index is 0.00000200. The minimum Gasteiger partial charge on any atom is -0.508 e. The van der Waals surface area contributed by atoms with Crippen LogP contribution in [0.2, 0.25) is 0 Å². The van der Waals surface area contributed by atoms with E-state index in [-0.39, 0.29) is 12.4 Å². The fraction of sp³-hybridized carbons (Fsp3) is 0.647. The molecule has 0 unspecified atom stereocenters. The summed E-state index contributed by atoms with van der Waals surface area (Å²) in [5, 5.41) is 9.99. The Morgan fingerprint density at radius 1 is 1.20 bits per heavy atom. The van der Waals surface area contributed by atoms with Gasteiger partial charge in [0.25, 0.3) is 0 Å². The largest absolute Gasteiger partial charge is 0.508 e. The minimum absolute atomic E-state index is 0. The van der Waals surface area contributed by atoms with Crippen molar-refractivity contribution in [2.45, 2.75) is 58.4 Å². The predicted molar refractivity (Wildman–Crippen MR) is 88.0 cm³/mol. The number of rotatable bonds is 5. The molecule has 1 aromatic carbocycles. The number of hydrogen-bond donors (Lipinski definition) is 1. The van der Waals surface area contributed by atoms with Gasteiger partial charge in [-0.05, 0) is 61.9 Å². The molecule has 0 saturated carbocycles. The van der Waals surface area contributed by atoms with Crippen LogP contribution in [0.4, 0.5) is 0 Å². The molecule has 0 fully saturated rings. The average molecular weight is 298 g/mol. The van der Waals surface area contributed by atoms with E-state index in [1.54, 1.807) is 0 Å². The van der Waals surface area contributed by atoms with Crippen molar-refractivity contribution in [1.82, 2.24) is 4.90 Å². The Hall–Kier alpha value is -0.730. The summed E-state index contributed by atoms with van der Waals surface area (Å²) in [5.74, 6) is 1.01. The van der Waals surface area contributed by atoms with E-state index in [9.17, 15) is 5.11 Å². The van der Waals surface area contributed by atoms with Crippen LogP contribution >= 0.6 is 12.4 Å². The van der Waals surface area contributed by atoms with Crippen LogP contribution < -0.4 is 0 Å². The molecule has 0 bridgehead atoms. The van der Waals surface area contributed by atoms with Crippen molar-refractivity contribution in [3.8, 4) is 5.75 Å². The molecule has 2 atom stereocenters. The topological polar surface area (TPSA) is 23.5 Å². The van der Waals surface area contributed by atoms with Crippen LogP contribution in [0.15, 0.2) is 18.2 Å². The van der Waals surface area contributed by atoms with Crippen LogP contribution in [0.1, 0.15) is 57.1 Å². The molecule has 1 N–H and O–H groups in total. The molecule has 114 valence electrons. The molecule has 0 heterocycles. The molecule has 1 aliphatic carbocycles. The van der Waals surface area contributed by atoms with Crippen LogP contribution in [-0.2, 0) is 6.42 Å². The van der Waals surface area contributed by atoms with E-state index >= 15 is 0 Å². The Morgan fingerprint density at radius 2 is 1.85 bits per heavy atom. The summed E-state index contributed by atoms with van der Waals surface area (Å²) in [4.78, 5) is 2.65. The zero-order valence-electron chi connectivity index (χ0n) is 12.9. The second-order valence-corrected chi connectivity index (χ2v) is 5.78. The summed E-state index contributed by atoms with van der Waals surface area (Å²) in [5.41, 5.74) is 2.53. The molecular weight excluding hydrogens is 270 g/mol. The van der Waals surface area contributed by atoms with Crippen LogP contribution in [0.5, 0.6) is 5.75 Å². The first-order valence-corrected chi connectivity index (χ1v) is 7.73. The first kappa shape index (κ1) is 17.3. The summed E-state index contributed by atoms with van der Waals surface area (Å²) in [6, 6.07) is 6.63. The lowest BCUT2D eigenvalue weighted by atomic mass is 9.79. The van der Waals surface area contributed by atoms with Crippen molar-refractivity contribution >= 4 is 12.4 Å². The number of halogens is 1. The summed E-state index contributed by atoms with van der Waals surface area (Å²) < 4.78 is 0. The highest BCUT2D eigenvalue weighted by atomic mass is 35.5. The maximum Gasteiger partial charge on any atom is 0.119 e. The quantitative estimate of drug-likeness (QED) is 0.873.